The van der Waals surface area contributed by atoms with Gasteiger partial charge in [0.2, 0.25) is 0 Å². The Kier molecular flexibility index (Phi) is 2.28. The second kappa shape index (κ2) is 3.67. The quantitative estimate of drug-likeness (QED) is 0.693. The molecule has 1 fully saturated rings. The number of hydrogen-bond donors (Lipinski definition) is 0. The number of ether oxygens (including phenoxy) is 1. The standard InChI is InChI=1S/C12H12ClNO2/c13-10-5-1-4-9-11(10)16-7-8-3-2-6-14(8)12(9)15/h1,4-5,8H,2-3,6-7H2/t8-/m0/s1. The van der Waals surface area contributed by atoms with Crippen molar-refractivity contribution in [1.29, 1.82) is 0 Å². The van der Waals surface area contributed by atoms with Crippen molar-refractivity contribution < 1.29 is 9.53 Å². The number of nitrogens with zero attached hydrogens (tertiary/aromatic N) is 1. The van der Waals surface area contributed by atoms with E-state index in [1.165, 1.54) is 0 Å². The van der Waals surface area contributed by atoms with Gasteiger partial charge in [-0.25, -0.2) is 0 Å². The number of rotatable bonds is 0. The number of carbonyl (C=O) groups excluding carboxylic acids is 1. The van der Waals surface area contributed by atoms with Crippen LogP contribution in [0, 0.1) is 0 Å². The Morgan fingerprint density at radius 3 is 3.19 bits per heavy atom. The zero-order valence-electron chi connectivity index (χ0n) is 8.78. The third-order valence-corrected chi connectivity index (χ3v) is 3.55. The molecule has 2 aliphatic rings. The number of amides is 1. The van der Waals surface area contributed by atoms with Crippen molar-refractivity contribution in [1.82, 2.24) is 4.90 Å². The van der Waals surface area contributed by atoms with E-state index < -0.39 is 0 Å². The van der Waals surface area contributed by atoms with Gasteiger partial charge in [0.1, 0.15) is 6.61 Å². The van der Waals surface area contributed by atoms with Crippen LogP contribution in [-0.2, 0) is 0 Å². The Labute approximate surface area is 98.9 Å². The fourth-order valence-corrected chi connectivity index (χ4v) is 2.66. The highest BCUT2D eigenvalue weighted by Gasteiger charge is 2.34. The molecule has 3 nitrogen and oxygen atoms in total. The molecule has 0 saturated carbocycles. The van der Waals surface area contributed by atoms with Crippen LogP contribution in [0.1, 0.15) is 23.2 Å². The lowest BCUT2D eigenvalue weighted by Crippen LogP contribution is -2.36. The van der Waals surface area contributed by atoms with Gasteiger partial charge >= 0.3 is 0 Å². The van der Waals surface area contributed by atoms with Crippen molar-refractivity contribution in [3.05, 3.63) is 28.8 Å². The SMILES string of the molecule is O=C1c2cccc(Cl)c2OC[C@@H]2CCCN12. The van der Waals surface area contributed by atoms with Crippen molar-refractivity contribution in [2.75, 3.05) is 13.2 Å². The lowest BCUT2D eigenvalue weighted by Gasteiger charge is -2.20. The Morgan fingerprint density at radius 2 is 2.31 bits per heavy atom. The van der Waals surface area contributed by atoms with E-state index in [4.69, 9.17) is 16.3 Å². The summed E-state index contributed by atoms with van der Waals surface area (Å²) in [6.07, 6.45) is 2.09. The summed E-state index contributed by atoms with van der Waals surface area (Å²) in [7, 11) is 0. The molecule has 4 heteroatoms. The van der Waals surface area contributed by atoms with E-state index in [1.54, 1.807) is 18.2 Å². The maximum Gasteiger partial charge on any atom is 0.258 e. The normalized spacial score (nSPS) is 23.4. The Morgan fingerprint density at radius 1 is 1.44 bits per heavy atom. The third kappa shape index (κ3) is 1.39. The van der Waals surface area contributed by atoms with Gasteiger partial charge in [0.25, 0.3) is 5.91 Å². The van der Waals surface area contributed by atoms with Crippen LogP contribution in [0.4, 0.5) is 0 Å². The van der Waals surface area contributed by atoms with E-state index in [0.717, 1.165) is 19.4 Å². The van der Waals surface area contributed by atoms with E-state index >= 15 is 0 Å². The lowest BCUT2D eigenvalue weighted by molar-refractivity contribution is 0.0726. The molecule has 1 aromatic rings. The number of hydrogen-bond acceptors (Lipinski definition) is 2. The number of fused-ring (bicyclic) bond motifs is 2. The smallest absolute Gasteiger partial charge is 0.258 e. The molecule has 3 rings (SSSR count). The zero-order valence-corrected chi connectivity index (χ0v) is 9.54. The van der Waals surface area contributed by atoms with Crippen LogP contribution in [-0.4, -0.2) is 30.0 Å². The molecule has 0 spiro atoms. The van der Waals surface area contributed by atoms with E-state index in [0.29, 0.717) is 22.9 Å². The summed E-state index contributed by atoms with van der Waals surface area (Å²) < 4.78 is 5.67. The molecule has 0 aliphatic carbocycles. The highest BCUT2D eigenvalue weighted by molar-refractivity contribution is 6.32. The van der Waals surface area contributed by atoms with Crippen LogP contribution < -0.4 is 4.74 Å². The van der Waals surface area contributed by atoms with Gasteiger partial charge in [0.15, 0.2) is 5.75 Å². The van der Waals surface area contributed by atoms with Gasteiger partial charge in [-0.1, -0.05) is 17.7 Å². The summed E-state index contributed by atoms with van der Waals surface area (Å²) in [5.41, 5.74) is 0.594. The van der Waals surface area contributed by atoms with Gasteiger partial charge in [0.05, 0.1) is 16.6 Å². The van der Waals surface area contributed by atoms with Crippen LogP contribution >= 0.6 is 11.6 Å². The largest absolute Gasteiger partial charge is 0.489 e. The van der Waals surface area contributed by atoms with Crippen LogP contribution in [0.15, 0.2) is 18.2 Å². The summed E-state index contributed by atoms with van der Waals surface area (Å²) in [6, 6.07) is 5.55. The molecule has 0 aromatic heterocycles. The van der Waals surface area contributed by atoms with Crippen molar-refractivity contribution in [2.24, 2.45) is 0 Å². The van der Waals surface area contributed by atoms with Gasteiger partial charge in [-0.3, -0.25) is 4.79 Å². The van der Waals surface area contributed by atoms with Crippen LogP contribution in [0.5, 0.6) is 5.75 Å². The maximum atomic E-state index is 12.3. The molecular formula is C12H12ClNO2. The van der Waals surface area contributed by atoms with Gasteiger partial charge in [-0.15, -0.1) is 0 Å². The van der Waals surface area contributed by atoms with Crippen LogP contribution in [0.25, 0.3) is 0 Å². The summed E-state index contributed by atoms with van der Waals surface area (Å²) in [6.45, 7) is 1.39. The van der Waals surface area contributed by atoms with Gasteiger partial charge in [-0.05, 0) is 25.0 Å². The fraction of sp³-hybridized carbons (Fsp3) is 0.417. The molecule has 84 valence electrons. The first kappa shape index (κ1) is 9.97. The Balaban J connectivity index is 2.08. The minimum atomic E-state index is 0.0532. The van der Waals surface area contributed by atoms with E-state index in [1.807, 2.05) is 4.90 Å². The van der Waals surface area contributed by atoms with Crippen LogP contribution in [0.3, 0.4) is 0 Å². The predicted molar refractivity (Wildman–Crippen MR) is 61.0 cm³/mol. The number of para-hydroxylation sites is 1. The average Bonchev–Trinajstić information content (AvgIpc) is 2.70. The number of halogens is 1. The van der Waals surface area contributed by atoms with E-state index in [9.17, 15) is 4.79 Å². The molecular weight excluding hydrogens is 226 g/mol. The predicted octanol–water partition coefficient (Wildman–Crippen LogP) is 2.34. The second-order valence-electron chi connectivity index (χ2n) is 4.22. The van der Waals surface area contributed by atoms with Crippen molar-refractivity contribution in [2.45, 2.75) is 18.9 Å². The highest BCUT2D eigenvalue weighted by Crippen LogP contribution is 2.34. The first-order chi connectivity index (χ1) is 7.77. The summed E-state index contributed by atoms with van der Waals surface area (Å²) in [5.74, 6) is 0.598. The molecule has 0 bridgehead atoms. The topological polar surface area (TPSA) is 29.5 Å². The molecule has 1 atom stereocenters. The molecule has 2 aliphatic heterocycles. The fourth-order valence-electron chi connectivity index (χ4n) is 2.43. The highest BCUT2D eigenvalue weighted by atomic mass is 35.5. The molecule has 16 heavy (non-hydrogen) atoms. The summed E-state index contributed by atoms with van der Waals surface area (Å²) in [5, 5.41) is 0.520. The Hall–Kier alpha value is -1.22. The van der Waals surface area contributed by atoms with E-state index in [2.05, 4.69) is 0 Å². The summed E-state index contributed by atoms with van der Waals surface area (Å²) >= 11 is 6.04. The lowest BCUT2D eigenvalue weighted by atomic mass is 10.1. The average molecular weight is 238 g/mol. The minimum Gasteiger partial charge on any atom is -0.489 e. The maximum absolute atomic E-state index is 12.3. The molecule has 1 amide bonds. The minimum absolute atomic E-state index is 0.0532. The monoisotopic (exact) mass is 237 g/mol. The summed E-state index contributed by atoms with van der Waals surface area (Å²) in [4.78, 5) is 14.2. The first-order valence-electron chi connectivity index (χ1n) is 5.49. The number of benzene rings is 1. The molecule has 0 N–H and O–H groups in total. The van der Waals surface area contributed by atoms with Crippen molar-refractivity contribution in [3.8, 4) is 5.75 Å². The molecule has 0 unspecified atom stereocenters. The Bertz CT molecular complexity index is 447. The van der Waals surface area contributed by atoms with Gasteiger partial charge < -0.3 is 9.64 Å². The van der Waals surface area contributed by atoms with Gasteiger partial charge in [-0.2, -0.15) is 0 Å². The van der Waals surface area contributed by atoms with Gasteiger partial charge in [0, 0.05) is 6.54 Å². The van der Waals surface area contributed by atoms with E-state index in [-0.39, 0.29) is 11.9 Å². The second-order valence-corrected chi connectivity index (χ2v) is 4.63. The zero-order chi connectivity index (χ0) is 11.1. The first-order valence-corrected chi connectivity index (χ1v) is 5.87. The third-order valence-electron chi connectivity index (χ3n) is 3.26. The molecule has 1 saturated heterocycles. The molecule has 0 radical (unpaired) electrons. The van der Waals surface area contributed by atoms with Crippen LogP contribution in [0.2, 0.25) is 5.02 Å². The van der Waals surface area contributed by atoms with Crippen molar-refractivity contribution >= 4 is 17.5 Å². The number of carbonyl (C=O) groups is 1. The van der Waals surface area contributed by atoms with Crippen molar-refractivity contribution in [3.63, 3.8) is 0 Å². The molecule has 1 aromatic carbocycles. The molecule has 2 heterocycles.